The Kier molecular flexibility index (Phi) is 6.72. The van der Waals surface area contributed by atoms with Crippen LogP contribution in [0.25, 0.3) is 6.08 Å². The van der Waals surface area contributed by atoms with Crippen LogP contribution in [-0.4, -0.2) is 42.2 Å². The molecule has 0 aliphatic carbocycles. The van der Waals surface area contributed by atoms with Crippen molar-refractivity contribution in [3.63, 3.8) is 0 Å². The van der Waals surface area contributed by atoms with Gasteiger partial charge in [0, 0.05) is 6.54 Å². The molecule has 0 unspecified atom stereocenters. The molecule has 29 heavy (non-hydrogen) atoms. The summed E-state index contributed by atoms with van der Waals surface area (Å²) < 4.78 is 10.2. The van der Waals surface area contributed by atoms with Gasteiger partial charge in [-0.15, -0.1) is 0 Å². The third-order valence-electron chi connectivity index (χ3n) is 4.21. The summed E-state index contributed by atoms with van der Waals surface area (Å²) in [6.45, 7) is 4.99. The number of carbonyl (C=O) groups excluding carboxylic acids is 2. The maximum absolute atomic E-state index is 12.8. The Morgan fingerprint density at radius 3 is 2.38 bits per heavy atom. The predicted molar refractivity (Wildman–Crippen MR) is 115 cm³/mol. The first-order valence-corrected chi connectivity index (χ1v) is 10.1. The van der Waals surface area contributed by atoms with Gasteiger partial charge in [-0.3, -0.25) is 9.69 Å². The van der Waals surface area contributed by atoms with E-state index in [0.717, 1.165) is 17.0 Å². The zero-order valence-electron chi connectivity index (χ0n) is 16.5. The molecule has 1 saturated heterocycles. The SMILES string of the molecule is CCOc1ccc(N=C2SC(=Cc3ccc(C(=O)OC)cc3)C(=O)N2CC)cc1. The quantitative estimate of drug-likeness (QED) is 0.518. The number of carbonyl (C=O) groups is 2. The van der Waals surface area contributed by atoms with Crippen LogP contribution in [0.3, 0.4) is 0 Å². The minimum absolute atomic E-state index is 0.0840. The number of aliphatic imine (C=N–C) groups is 1. The van der Waals surface area contributed by atoms with Gasteiger partial charge < -0.3 is 9.47 Å². The molecule has 2 aromatic rings. The highest BCUT2D eigenvalue weighted by Gasteiger charge is 2.32. The van der Waals surface area contributed by atoms with Crippen molar-refractivity contribution in [2.24, 2.45) is 4.99 Å². The van der Waals surface area contributed by atoms with Crippen LogP contribution >= 0.6 is 11.8 Å². The summed E-state index contributed by atoms with van der Waals surface area (Å²) in [6.07, 6.45) is 1.80. The Balaban J connectivity index is 1.82. The van der Waals surface area contributed by atoms with Gasteiger partial charge in [0.2, 0.25) is 0 Å². The average molecular weight is 410 g/mol. The second-order valence-corrected chi connectivity index (χ2v) is 7.10. The summed E-state index contributed by atoms with van der Waals surface area (Å²) in [5, 5.41) is 0.638. The van der Waals surface area contributed by atoms with E-state index in [1.807, 2.05) is 38.1 Å². The number of rotatable bonds is 6. The Morgan fingerprint density at radius 2 is 1.79 bits per heavy atom. The van der Waals surface area contributed by atoms with Crippen LogP contribution in [0, 0.1) is 0 Å². The van der Waals surface area contributed by atoms with Gasteiger partial charge >= 0.3 is 5.97 Å². The van der Waals surface area contributed by atoms with Crippen molar-refractivity contribution in [1.29, 1.82) is 0 Å². The Bertz CT molecular complexity index is 950. The van der Waals surface area contributed by atoms with Gasteiger partial charge in [-0.2, -0.15) is 0 Å². The Hall–Kier alpha value is -3.06. The van der Waals surface area contributed by atoms with E-state index < -0.39 is 5.97 Å². The lowest BCUT2D eigenvalue weighted by Crippen LogP contribution is -2.28. The van der Waals surface area contributed by atoms with Crippen molar-refractivity contribution in [3.8, 4) is 5.75 Å². The second-order valence-electron chi connectivity index (χ2n) is 6.09. The summed E-state index contributed by atoms with van der Waals surface area (Å²) in [7, 11) is 1.34. The van der Waals surface area contributed by atoms with Gasteiger partial charge in [-0.1, -0.05) is 12.1 Å². The van der Waals surface area contributed by atoms with Gasteiger partial charge in [-0.05, 0) is 73.6 Å². The maximum Gasteiger partial charge on any atom is 0.337 e. The molecule has 1 amide bonds. The molecule has 0 N–H and O–H groups in total. The van der Waals surface area contributed by atoms with E-state index in [-0.39, 0.29) is 5.91 Å². The Morgan fingerprint density at radius 1 is 1.10 bits per heavy atom. The molecule has 1 fully saturated rings. The largest absolute Gasteiger partial charge is 0.494 e. The van der Waals surface area contributed by atoms with Gasteiger partial charge in [0.25, 0.3) is 5.91 Å². The third-order valence-corrected chi connectivity index (χ3v) is 5.21. The van der Waals surface area contributed by atoms with Crippen LogP contribution < -0.4 is 4.74 Å². The van der Waals surface area contributed by atoms with Crippen LogP contribution in [0.2, 0.25) is 0 Å². The lowest BCUT2D eigenvalue weighted by atomic mass is 10.1. The van der Waals surface area contributed by atoms with Crippen LogP contribution in [0.5, 0.6) is 5.75 Å². The van der Waals surface area contributed by atoms with E-state index in [1.54, 1.807) is 35.2 Å². The molecule has 0 aromatic heterocycles. The molecular formula is C22H22N2O4S. The zero-order chi connectivity index (χ0) is 20.8. The second kappa shape index (κ2) is 9.43. The molecule has 1 aliphatic rings. The molecule has 2 aromatic carbocycles. The lowest BCUT2D eigenvalue weighted by molar-refractivity contribution is -0.122. The molecule has 7 heteroatoms. The van der Waals surface area contributed by atoms with Crippen molar-refractivity contribution in [2.75, 3.05) is 20.3 Å². The highest BCUT2D eigenvalue weighted by molar-refractivity contribution is 8.18. The van der Waals surface area contributed by atoms with E-state index in [4.69, 9.17) is 9.47 Å². The van der Waals surface area contributed by atoms with Gasteiger partial charge in [-0.25, -0.2) is 9.79 Å². The highest BCUT2D eigenvalue weighted by Crippen LogP contribution is 2.34. The summed E-state index contributed by atoms with van der Waals surface area (Å²) in [5.41, 5.74) is 2.05. The molecule has 150 valence electrons. The number of ether oxygens (including phenoxy) is 2. The smallest absolute Gasteiger partial charge is 0.337 e. The maximum atomic E-state index is 12.8. The highest BCUT2D eigenvalue weighted by atomic mass is 32.2. The fourth-order valence-corrected chi connectivity index (χ4v) is 3.81. The number of hydrogen-bond acceptors (Lipinski definition) is 6. The molecule has 0 atom stereocenters. The first kappa shape index (κ1) is 20.7. The zero-order valence-corrected chi connectivity index (χ0v) is 17.4. The minimum Gasteiger partial charge on any atom is -0.494 e. The van der Waals surface area contributed by atoms with Crippen LogP contribution in [0.4, 0.5) is 5.69 Å². The van der Waals surface area contributed by atoms with E-state index in [0.29, 0.717) is 28.8 Å². The number of esters is 1. The molecule has 6 nitrogen and oxygen atoms in total. The summed E-state index contributed by atoms with van der Waals surface area (Å²) in [5.74, 6) is 0.312. The Labute approximate surface area is 174 Å². The standard InChI is InChI=1S/C22H22N2O4S/c1-4-24-20(25)19(14-15-6-8-16(9-7-15)21(26)27-3)29-22(24)23-17-10-12-18(13-11-17)28-5-2/h6-14H,4-5H2,1-3H3. The van der Waals surface area contributed by atoms with Crippen molar-refractivity contribution >= 4 is 40.6 Å². The first-order chi connectivity index (χ1) is 14.0. The lowest BCUT2D eigenvalue weighted by Gasteiger charge is -2.12. The molecule has 0 spiro atoms. The number of nitrogens with zero attached hydrogens (tertiary/aromatic N) is 2. The van der Waals surface area contributed by atoms with Crippen molar-refractivity contribution in [1.82, 2.24) is 4.90 Å². The molecule has 0 saturated carbocycles. The van der Waals surface area contributed by atoms with Gasteiger partial charge in [0.05, 0.1) is 29.9 Å². The first-order valence-electron chi connectivity index (χ1n) is 9.27. The van der Waals surface area contributed by atoms with Crippen molar-refractivity contribution in [3.05, 3.63) is 64.6 Å². The van der Waals surface area contributed by atoms with Gasteiger partial charge in [0.1, 0.15) is 5.75 Å². The van der Waals surface area contributed by atoms with E-state index in [2.05, 4.69) is 4.99 Å². The number of amides is 1. The summed E-state index contributed by atoms with van der Waals surface area (Å²) in [4.78, 5) is 31.2. The molecule has 3 rings (SSSR count). The number of likely N-dealkylation sites (N-methyl/N-ethyl adjacent to an activating group) is 1. The number of benzene rings is 2. The van der Waals surface area contributed by atoms with Crippen LogP contribution in [0.15, 0.2) is 58.4 Å². The van der Waals surface area contributed by atoms with E-state index in [1.165, 1.54) is 18.9 Å². The van der Waals surface area contributed by atoms with Gasteiger partial charge in [0.15, 0.2) is 5.17 Å². The summed E-state index contributed by atoms with van der Waals surface area (Å²) in [6, 6.07) is 14.4. The summed E-state index contributed by atoms with van der Waals surface area (Å²) >= 11 is 1.34. The minimum atomic E-state index is -0.391. The number of thioether (sulfide) groups is 1. The van der Waals surface area contributed by atoms with E-state index in [9.17, 15) is 9.59 Å². The molecule has 1 heterocycles. The molecule has 0 bridgehead atoms. The van der Waals surface area contributed by atoms with Crippen molar-refractivity contribution < 1.29 is 19.1 Å². The normalized spacial score (nSPS) is 16.5. The van der Waals surface area contributed by atoms with E-state index >= 15 is 0 Å². The topological polar surface area (TPSA) is 68.2 Å². The predicted octanol–water partition coefficient (Wildman–Crippen LogP) is 4.50. The third kappa shape index (κ3) is 4.86. The molecule has 1 aliphatic heterocycles. The number of methoxy groups -OCH3 is 1. The molecule has 0 radical (unpaired) electrons. The fraction of sp³-hybridized carbons (Fsp3) is 0.227. The molecular weight excluding hydrogens is 388 g/mol. The average Bonchev–Trinajstić information content (AvgIpc) is 3.03. The van der Waals surface area contributed by atoms with Crippen molar-refractivity contribution in [2.45, 2.75) is 13.8 Å². The van der Waals surface area contributed by atoms with Crippen LogP contribution in [-0.2, 0) is 9.53 Å². The number of amidine groups is 1. The fourth-order valence-electron chi connectivity index (χ4n) is 2.75. The number of hydrogen-bond donors (Lipinski definition) is 0. The monoisotopic (exact) mass is 410 g/mol. The van der Waals surface area contributed by atoms with Crippen LogP contribution in [0.1, 0.15) is 29.8 Å².